The molecule has 4 nitrogen and oxygen atoms in total. The molecule has 2 amide bonds. The van der Waals surface area contributed by atoms with Gasteiger partial charge in [-0.25, -0.2) is 0 Å². The zero-order valence-corrected chi connectivity index (χ0v) is 13.4. The molecule has 2 aromatic rings. The van der Waals surface area contributed by atoms with Gasteiger partial charge in [-0.3, -0.25) is 9.59 Å². The maximum absolute atomic E-state index is 12.3. The zero-order valence-electron chi connectivity index (χ0n) is 11.8. The summed E-state index contributed by atoms with van der Waals surface area (Å²) in [6.07, 6.45) is 0.245. The van der Waals surface area contributed by atoms with E-state index in [1.807, 2.05) is 54.6 Å². The molecule has 1 saturated heterocycles. The van der Waals surface area contributed by atoms with Crippen LogP contribution in [0.1, 0.15) is 6.42 Å². The quantitative estimate of drug-likeness (QED) is 0.913. The highest BCUT2D eigenvalue weighted by Gasteiger charge is 2.35. The van der Waals surface area contributed by atoms with Crippen molar-refractivity contribution in [2.75, 3.05) is 16.8 Å². The molecule has 3 rings (SSSR count). The standard InChI is InChI=1S/C17H15BrN2O2/c18-13-5-4-6-14(10-13)19-17(22)12-9-16(21)20(11-12)15-7-2-1-3-8-15/h1-8,10,12H,9,11H2,(H,19,22)/t12-/m0/s1. The van der Waals surface area contributed by atoms with Crippen molar-refractivity contribution in [2.24, 2.45) is 5.92 Å². The normalized spacial score (nSPS) is 17.6. The Labute approximate surface area is 137 Å². The van der Waals surface area contributed by atoms with E-state index in [1.165, 1.54) is 0 Å². The second-order valence-corrected chi connectivity index (χ2v) is 6.16. The van der Waals surface area contributed by atoms with E-state index in [0.717, 1.165) is 15.8 Å². The number of rotatable bonds is 3. The zero-order chi connectivity index (χ0) is 15.5. The third-order valence-corrected chi connectivity index (χ3v) is 4.15. The topological polar surface area (TPSA) is 49.4 Å². The molecular formula is C17H15BrN2O2. The Bertz CT molecular complexity index is 703. The number of halogens is 1. The lowest BCUT2D eigenvalue weighted by Crippen LogP contribution is -2.28. The smallest absolute Gasteiger partial charge is 0.229 e. The largest absolute Gasteiger partial charge is 0.326 e. The summed E-state index contributed by atoms with van der Waals surface area (Å²) in [5, 5.41) is 2.87. The molecule has 1 atom stereocenters. The summed E-state index contributed by atoms with van der Waals surface area (Å²) in [5.74, 6) is -0.461. The van der Waals surface area contributed by atoms with Gasteiger partial charge < -0.3 is 10.2 Å². The van der Waals surface area contributed by atoms with Crippen molar-refractivity contribution in [2.45, 2.75) is 6.42 Å². The average molecular weight is 359 g/mol. The first kappa shape index (κ1) is 14.8. The number of carbonyl (C=O) groups is 2. The molecule has 0 aromatic heterocycles. The Morgan fingerprint density at radius 2 is 1.91 bits per heavy atom. The van der Waals surface area contributed by atoms with Crippen molar-refractivity contribution in [1.29, 1.82) is 0 Å². The van der Waals surface area contributed by atoms with Crippen molar-refractivity contribution >= 4 is 39.1 Å². The van der Waals surface area contributed by atoms with Gasteiger partial charge in [-0.15, -0.1) is 0 Å². The first-order valence-electron chi connectivity index (χ1n) is 7.05. The lowest BCUT2D eigenvalue weighted by Gasteiger charge is -2.16. The van der Waals surface area contributed by atoms with Gasteiger partial charge in [0.1, 0.15) is 0 Å². The minimum absolute atomic E-state index is 0.0133. The van der Waals surface area contributed by atoms with Gasteiger partial charge in [0.25, 0.3) is 0 Å². The molecule has 0 aliphatic carbocycles. The van der Waals surface area contributed by atoms with Crippen LogP contribution in [0.25, 0.3) is 0 Å². The molecule has 1 fully saturated rings. The summed E-state index contributed by atoms with van der Waals surface area (Å²) >= 11 is 3.37. The molecule has 0 bridgehead atoms. The lowest BCUT2D eigenvalue weighted by molar-refractivity contribution is -0.122. The third-order valence-electron chi connectivity index (χ3n) is 3.66. The average Bonchev–Trinajstić information content (AvgIpc) is 2.90. The van der Waals surface area contributed by atoms with E-state index in [-0.39, 0.29) is 24.2 Å². The fourth-order valence-electron chi connectivity index (χ4n) is 2.55. The van der Waals surface area contributed by atoms with E-state index in [4.69, 9.17) is 0 Å². The Morgan fingerprint density at radius 3 is 2.64 bits per heavy atom. The Balaban J connectivity index is 1.69. The van der Waals surface area contributed by atoms with Crippen LogP contribution in [0.2, 0.25) is 0 Å². The molecule has 1 aliphatic heterocycles. The van der Waals surface area contributed by atoms with Crippen LogP contribution in [0.5, 0.6) is 0 Å². The van der Waals surface area contributed by atoms with Gasteiger partial charge in [-0.05, 0) is 30.3 Å². The summed E-state index contributed by atoms with van der Waals surface area (Å²) in [6.45, 7) is 0.419. The van der Waals surface area contributed by atoms with Crippen LogP contribution >= 0.6 is 15.9 Å². The summed E-state index contributed by atoms with van der Waals surface area (Å²) < 4.78 is 0.902. The van der Waals surface area contributed by atoms with E-state index in [0.29, 0.717) is 6.54 Å². The number of hydrogen-bond acceptors (Lipinski definition) is 2. The number of nitrogens with zero attached hydrogens (tertiary/aromatic N) is 1. The Hall–Kier alpha value is -2.14. The maximum atomic E-state index is 12.3. The number of anilines is 2. The maximum Gasteiger partial charge on any atom is 0.229 e. The molecule has 112 valence electrons. The monoisotopic (exact) mass is 358 g/mol. The molecule has 1 N–H and O–H groups in total. The van der Waals surface area contributed by atoms with E-state index >= 15 is 0 Å². The Kier molecular flexibility index (Phi) is 4.24. The van der Waals surface area contributed by atoms with Crippen LogP contribution in [0, 0.1) is 5.92 Å². The minimum Gasteiger partial charge on any atom is -0.326 e. The molecule has 5 heteroatoms. The van der Waals surface area contributed by atoms with E-state index < -0.39 is 0 Å². The van der Waals surface area contributed by atoms with Crippen molar-refractivity contribution in [3.63, 3.8) is 0 Å². The fraction of sp³-hybridized carbons (Fsp3) is 0.176. The molecule has 1 aliphatic rings. The highest BCUT2D eigenvalue weighted by atomic mass is 79.9. The molecule has 0 spiro atoms. The summed E-state index contributed by atoms with van der Waals surface area (Å²) in [7, 11) is 0. The number of amides is 2. The number of carbonyl (C=O) groups excluding carboxylic acids is 2. The minimum atomic E-state index is -0.327. The van der Waals surface area contributed by atoms with Crippen LogP contribution in [0.3, 0.4) is 0 Å². The predicted octanol–water partition coefficient (Wildman–Crippen LogP) is 3.44. The first-order chi connectivity index (χ1) is 10.6. The summed E-state index contributed by atoms with van der Waals surface area (Å²) in [5.41, 5.74) is 1.57. The van der Waals surface area contributed by atoms with Crippen LogP contribution in [-0.4, -0.2) is 18.4 Å². The first-order valence-corrected chi connectivity index (χ1v) is 7.84. The number of hydrogen-bond donors (Lipinski definition) is 1. The number of para-hydroxylation sites is 1. The van der Waals surface area contributed by atoms with Gasteiger partial charge in [0.15, 0.2) is 0 Å². The highest BCUT2D eigenvalue weighted by Crippen LogP contribution is 2.26. The molecule has 0 radical (unpaired) electrons. The molecular weight excluding hydrogens is 344 g/mol. The number of nitrogens with one attached hydrogen (secondary N) is 1. The molecule has 2 aromatic carbocycles. The second-order valence-electron chi connectivity index (χ2n) is 5.24. The van der Waals surface area contributed by atoms with Crippen molar-refractivity contribution in [3.05, 3.63) is 59.1 Å². The lowest BCUT2D eigenvalue weighted by atomic mass is 10.1. The van der Waals surface area contributed by atoms with Gasteiger partial charge in [0.05, 0.1) is 5.92 Å². The van der Waals surface area contributed by atoms with Crippen molar-refractivity contribution in [3.8, 4) is 0 Å². The van der Waals surface area contributed by atoms with E-state index in [2.05, 4.69) is 21.2 Å². The third kappa shape index (κ3) is 3.20. The summed E-state index contributed by atoms with van der Waals surface area (Å²) in [6, 6.07) is 16.9. The van der Waals surface area contributed by atoms with Gasteiger partial charge >= 0.3 is 0 Å². The van der Waals surface area contributed by atoms with Crippen LogP contribution < -0.4 is 10.2 Å². The van der Waals surface area contributed by atoms with Gasteiger partial charge in [-0.2, -0.15) is 0 Å². The summed E-state index contributed by atoms with van der Waals surface area (Å²) in [4.78, 5) is 26.1. The molecule has 0 saturated carbocycles. The predicted molar refractivity (Wildman–Crippen MR) is 89.7 cm³/mol. The van der Waals surface area contributed by atoms with Gasteiger partial charge in [0, 0.05) is 28.8 Å². The van der Waals surface area contributed by atoms with Crippen LogP contribution in [-0.2, 0) is 9.59 Å². The molecule has 0 unspecified atom stereocenters. The van der Waals surface area contributed by atoms with Gasteiger partial charge in [0.2, 0.25) is 11.8 Å². The van der Waals surface area contributed by atoms with E-state index in [9.17, 15) is 9.59 Å². The van der Waals surface area contributed by atoms with Gasteiger partial charge in [-0.1, -0.05) is 40.2 Å². The van der Waals surface area contributed by atoms with Crippen molar-refractivity contribution < 1.29 is 9.59 Å². The molecule has 1 heterocycles. The van der Waals surface area contributed by atoms with E-state index in [1.54, 1.807) is 4.90 Å². The Morgan fingerprint density at radius 1 is 1.14 bits per heavy atom. The van der Waals surface area contributed by atoms with Crippen molar-refractivity contribution in [1.82, 2.24) is 0 Å². The molecule has 22 heavy (non-hydrogen) atoms. The SMILES string of the molecule is O=C(Nc1cccc(Br)c1)[C@H]1CC(=O)N(c2ccccc2)C1. The van der Waals surface area contributed by atoms with Crippen LogP contribution in [0.4, 0.5) is 11.4 Å². The number of benzene rings is 2. The second kappa shape index (κ2) is 6.32. The highest BCUT2D eigenvalue weighted by molar-refractivity contribution is 9.10. The van der Waals surface area contributed by atoms with Crippen LogP contribution in [0.15, 0.2) is 59.1 Å². The fourth-order valence-corrected chi connectivity index (χ4v) is 2.95.